The Morgan fingerprint density at radius 1 is 1.04 bits per heavy atom. The van der Waals surface area contributed by atoms with Crippen LogP contribution in [0.15, 0.2) is 71.2 Å². The van der Waals surface area contributed by atoms with E-state index in [0.717, 1.165) is 31.5 Å². The van der Waals surface area contributed by atoms with Gasteiger partial charge in [0.15, 0.2) is 5.65 Å². The van der Waals surface area contributed by atoms with Crippen LogP contribution in [0.25, 0.3) is 27.0 Å². The van der Waals surface area contributed by atoms with Crippen molar-refractivity contribution in [2.75, 3.05) is 0 Å². The van der Waals surface area contributed by atoms with Gasteiger partial charge in [0, 0.05) is 22.4 Å². The molecule has 5 rings (SSSR count). The standard InChI is InChI=1S/C12H7ClN2S.C6H4BrN3/c13-12-9(2-1-5-14-12)8-3-4-10-11(6-8)16-7-15-10;7-5-1-2-6-8-4-9-10(6)3-5/h1-7H;1-4H. The average molecular weight is 445 g/mol. The highest BCUT2D eigenvalue weighted by atomic mass is 79.9. The van der Waals surface area contributed by atoms with Gasteiger partial charge in [-0.2, -0.15) is 5.10 Å². The molecule has 0 aliphatic carbocycles. The molecule has 0 atom stereocenters. The number of aromatic nitrogens is 5. The SMILES string of the molecule is Brc1ccc2ncnn2c1.Clc1ncccc1-c1ccc2ncsc2c1. The summed E-state index contributed by atoms with van der Waals surface area (Å²) in [6.07, 6.45) is 5.08. The predicted molar refractivity (Wildman–Crippen MR) is 109 cm³/mol. The van der Waals surface area contributed by atoms with Crippen molar-refractivity contribution in [1.29, 1.82) is 0 Å². The Morgan fingerprint density at radius 3 is 2.85 bits per heavy atom. The summed E-state index contributed by atoms with van der Waals surface area (Å²) >= 11 is 11.0. The van der Waals surface area contributed by atoms with Crippen molar-refractivity contribution < 1.29 is 0 Å². The number of hydrogen-bond donors (Lipinski definition) is 0. The van der Waals surface area contributed by atoms with Crippen molar-refractivity contribution in [3.8, 4) is 11.1 Å². The van der Waals surface area contributed by atoms with Gasteiger partial charge in [0.2, 0.25) is 0 Å². The Labute approximate surface area is 166 Å². The molecule has 0 unspecified atom stereocenters. The molecule has 0 bridgehead atoms. The van der Waals surface area contributed by atoms with Crippen LogP contribution in [0.4, 0.5) is 0 Å². The first kappa shape index (κ1) is 17.1. The van der Waals surface area contributed by atoms with Crippen LogP contribution in [-0.2, 0) is 0 Å². The Hall–Kier alpha value is -2.35. The molecule has 1 aromatic carbocycles. The van der Waals surface area contributed by atoms with Gasteiger partial charge in [-0.25, -0.2) is 19.5 Å². The maximum Gasteiger partial charge on any atom is 0.155 e. The number of rotatable bonds is 1. The molecule has 0 aliphatic heterocycles. The second kappa shape index (κ2) is 7.49. The predicted octanol–water partition coefficient (Wildman–Crippen LogP) is 5.50. The molecule has 5 aromatic rings. The lowest BCUT2D eigenvalue weighted by Crippen LogP contribution is -1.84. The average Bonchev–Trinajstić information content (AvgIpc) is 3.30. The first-order valence-corrected chi connectivity index (χ1v) is 9.65. The number of hydrogen-bond acceptors (Lipinski definition) is 5. The maximum atomic E-state index is 6.06. The van der Waals surface area contributed by atoms with Crippen LogP contribution in [-0.4, -0.2) is 24.6 Å². The van der Waals surface area contributed by atoms with Gasteiger partial charge in [-0.15, -0.1) is 11.3 Å². The molecular weight excluding hydrogens is 434 g/mol. The lowest BCUT2D eigenvalue weighted by molar-refractivity contribution is 0.956. The molecule has 0 amide bonds. The van der Waals surface area contributed by atoms with E-state index in [2.05, 4.69) is 42.0 Å². The van der Waals surface area contributed by atoms with E-state index in [1.54, 1.807) is 22.0 Å². The molecule has 128 valence electrons. The lowest BCUT2D eigenvalue weighted by Gasteiger charge is -2.02. The van der Waals surface area contributed by atoms with Gasteiger partial charge in [0.1, 0.15) is 11.5 Å². The van der Waals surface area contributed by atoms with E-state index in [1.165, 1.54) is 6.33 Å². The van der Waals surface area contributed by atoms with Crippen LogP contribution in [0.1, 0.15) is 0 Å². The molecule has 0 radical (unpaired) electrons. The van der Waals surface area contributed by atoms with Crippen LogP contribution >= 0.6 is 38.9 Å². The van der Waals surface area contributed by atoms with Gasteiger partial charge >= 0.3 is 0 Å². The van der Waals surface area contributed by atoms with Crippen molar-refractivity contribution in [2.24, 2.45) is 0 Å². The van der Waals surface area contributed by atoms with Crippen LogP contribution in [0.3, 0.4) is 0 Å². The number of nitrogens with zero attached hydrogens (tertiary/aromatic N) is 5. The van der Waals surface area contributed by atoms with Gasteiger partial charge in [-0.1, -0.05) is 17.7 Å². The molecule has 0 saturated carbocycles. The van der Waals surface area contributed by atoms with E-state index in [1.807, 2.05) is 48.1 Å². The number of halogens is 2. The Balaban J connectivity index is 0.000000144. The van der Waals surface area contributed by atoms with Crippen LogP contribution in [0.5, 0.6) is 0 Å². The Bertz CT molecular complexity index is 1190. The quantitative estimate of drug-likeness (QED) is 0.320. The molecule has 26 heavy (non-hydrogen) atoms. The maximum absolute atomic E-state index is 6.06. The molecule has 0 spiro atoms. The van der Waals surface area contributed by atoms with Crippen molar-refractivity contribution >= 4 is 54.7 Å². The van der Waals surface area contributed by atoms with Crippen LogP contribution < -0.4 is 0 Å². The van der Waals surface area contributed by atoms with E-state index < -0.39 is 0 Å². The van der Waals surface area contributed by atoms with E-state index in [0.29, 0.717) is 5.15 Å². The lowest BCUT2D eigenvalue weighted by atomic mass is 10.1. The molecule has 0 saturated heterocycles. The van der Waals surface area contributed by atoms with E-state index >= 15 is 0 Å². The minimum Gasteiger partial charge on any atom is -0.245 e. The summed E-state index contributed by atoms with van der Waals surface area (Å²) in [6.45, 7) is 0. The summed E-state index contributed by atoms with van der Waals surface area (Å²) in [7, 11) is 0. The minimum absolute atomic E-state index is 0.534. The van der Waals surface area contributed by atoms with E-state index in [9.17, 15) is 0 Å². The zero-order valence-corrected chi connectivity index (χ0v) is 16.4. The zero-order valence-electron chi connectivity index (χ0n) is 13.3. The highest BCUT2D eigenvalue weighted by molar-refractivity contribution is 9.10. The normalized spacial score (nSPS) is 10.7. The number of pyridine rings is 2. The largest absolute Gasteiger partial charge is 0.245 e. The number of benzene rings is 1. The smallest absolute Gasteiger partial charge is 0.155 e. The third-order valence-electron chi connectivity index (χ3n) is 3.64. The molecule has 0 N–H and O–H groups in total. The van der Waals surface area contributed by atoms with Gasteiger partial charge in [-0.05, 0) is 57.9 Å². The molecule has 0 aliphatic rings. The Morgan fingerprint density at radius 2 is 1.96 bits per heavy atom. The van der Waals surface area contributed by atoms with E-state index in [-0.39, 0.29) is 0 Å². The van der Waals surface area contributed by atoms with Crippen LogP contribution in [0.2, 0.25) is 5.15 Å². The summed E-state index contributed by atoms with van der Waals surface area (Å²) < 4.78 is 3.88. The molecule has 4 aromatic heterocycles. The fourth-order valence-electron chi connectivity index (χ4n) is 2.42. The van der Waals surface area contributed by atoms with Crippen molar-refractivity contribution in [1.82, 2.24) is 24.6 Å². The van der Waals surface area contributed by atoms with E-state index in [4.69, 9.17) is 11.6 Å². The minimum atomic E-state index is 0.534. The van der Waals surface area contributed by atoms with Crippen molar-refractivity contribution in [3.05, 3.63) is 76.3 Å². The molecule has 4 heterocycles. The zero-order chi connectivity index (χ0) is 17.9. The second-order valence-electron chi connectivity index (χ2n) is 5.29. The third-order valence-corrected chi connectivity index (χ3v) is 5.20. The number of thiazole rings is 1. The fourth-order valence-corrected chi connectivity index (χ4v) is 3.69. The summed E-state index contributed by atoms with van der Waals surface area (Å²) in [5.74, 6) is 0. The fraction of sp³-hybridized carbons (Fsp3) is 0. The monoisotopic (exact) mass is 443 g/mol. The summed E-state index contributed by atoms with van der Waals surface area (Å²) in [5.41, 5.74) is 5.77. The van der Waals surface area contributed by atoms with Crippen LogP contribution in [0, 0.1) is 0 Å². The number of fused-ring (bicyclic) bond motifs is 2. The first-order valence-electron chi connectivity index (χ1n) is 7.60. The highest BCUT2D eigenvalue weighted by Crippen LogP contribution is 2.29. The van der Waals surface area contributed by atoms with Crippen molar-refractivity contribution in [2.45, 2.75) is 0 Å². The highest BCUT2D eigenvalue weighted by Gasteiger charge is 2.05. The van der Waals surface area contributed by atoms with Gasteiger partial charge in [0.05, 0.1) is 15.7 Å². The first-order chi connectivity index (χ1) is 12.7. The second-order valence-corrected chi connectivity index (χ2v) is 7.45. The summed E-state index contributed by atoms with van der Waals surface area (Å²) in [6, 6.07) is 13.8. The molecule has 5 nitrogen and oxygen atoms in total. The summed E-state index contributed by atoms with van der Waals surface area (Å²) in [5, 5.41) is 4.49. The topological polar surface area (TPSA) is 56.0 Å². The molecule has 8 heteroatoms. The van der Waals surface area contributed by atoms with Gasteiger partial charge in [0.25, 0.3) is 0 Å². The third kappa shape index (κ3) is 3.60. The molecule has 0 fully saturated rings. The Kier molecular flexibility index (Phi) is 4.92. The van der Waals surface area contributed by atoms with Gasteiger partial charge in [-0.3, -0.25) is 0 Å². The van der Waals surface area contributed by atoms with Gasteiger partial charge < -0.3 is 0 Å². The van der Waals surface area contributed by atoms with Crippen molar-refractivity contribution in [3.63, 3.8) is 0 Å². The molecular formula is C18H11BrClN5S. The summed E-state index contributed by atoms with van der Waals surface area (Å²) in [4.78, 5) is 12.3.